The van der Waals surface area contributed by atoms with Crippen molar-refractivity contribution in [1.29, 1.82) is 0 Å². The Bertz CT molecular complexity index is 1140. The quantitative estimate of drug-likeness (QED) is 0.485. The number of ether oxygens (including phenoxy) is 1. The van der Waals surface area contributed by atoms with Gasteiger partial charge in [-0.05, 0) is 49.2 Å². The van der Waals surface area contributed by atoms with E-state index >= 15 is 0 Å². The van der Waals surface area contributed by atoms with Gasteiger partial charge in [0.2, 0.25) is 0 Å². The lowest BCUT2D eigenvalue weighted by atomic mass is 10.0. The smallest absolute Gasteiger partial charge is 0.433 e. The summed E-state index contributed by atoms with van der Waals surface area (Å²) in [7, 11) is 1.30. The molecule has 1 N–H and O–H groups in total. The van der Waals surface area contributed by atoms with Crippen LogP contribution in [0.1, 0.15) is 23.4 Å². The molecule has 1 saturated heterocycles. The third kappa shape index (κ3) is 6.31. The summed E-state index contributed by atoms with van der Waals surface area (Å²) in [5.74, 6) is 0.378. The summed E-state index contributed by atoms with van der Waals surface area (Å²) in [4.78, 5) is 16.3. The highest BCUT2D eigenvalue weighted by Gasteiger charge is 2.35. The van der Waals surface area contributed by atoms with Gasteiger partial charge in [0, 0.05) is 42.6 Å². The number of rotatable bonds is 7. The molecule has 1 aromatic carbocycles. The zero-order chi connectivity index (χ0) is 24.3. The lowest BCUT2D eigenvalue weighted by Gasteiger charge is -2.32. The summed E-state index contributed by atoms with van der Waals surface area (Å²) in [5, 5.41) is 7.58. The van der Waals surface area contributed by atoms with E-state index in [-0.39, 0.29) is 18.6 Å². The number of nitrogens with one attached hydrogen (secondary N) is 1. The molecule has 182 valence electrons. The molecule has 0 unspecified atom stereocenters. The van der Waals surface area contributed by atoms with E-state index in [0.29, 0.717) is 27.9 Å². The molecular formula is C23H24ClF3N4O2S. The molecule has 0 atom stereocenters. The van der Waals surface area contributed by atoms with Crippen molar-refractivity contribution in [2.24, 2.45) is 7.05 Å². The van der Waals surface area contributed by atoms with Crippen molar-refractivity contribution in [2.45, 2.75) is 31.6 Å². The van der Waals surface area contributed by atoms with Gasteiger partial charge >= 0.3 is 6.18 Å². The molecule has 2 aromatic heterocycles. The van der Waals surface area contributed by atoms with Crippen LogP contribution in [-0.4, -0.2) is 46.3 Å². The summed E-state index contributed by atoms with van der Waals surface area (Å²) >= 11 is 7.36. The number of halogens is 4. The van der Waals surface area contributed by atoms with E-state index in [0.717, 1.165) is 41.6 Å². The monoisotopic (exact) mass is 512 g/mol. The first-order valence-corrected chi connectivity index (χ1v) is 12.0. The number of piperidine rings is 1. The lowest BCUT2D eigenvalue weighted by Crippen LogP contribution is -2.45. The standard InChI is InChI=1S/C23H24ClF3N4O2S/c1-30-21(23(25,26)27)12-19(29-30)20-6-5-18(34-20)13-31-9-7-16(8-10-31)28-22(32)14-33-17-4-2-3-15(24)11-17/h2-6,11-12,16H,7-10,13-14H2,1H3,(H,28,32). The van der Waals surface area contributed by atoms with Crippen LogP contribution in [0, 0.1) is 0 Å². The molecule has 1 fully saturated rings. The van der Waals surface area contributed by atoms with Gasteiger partial charge in [-0.2, -0.15) is 18.3 Å². The van der Waals surface area contributed by atoms with Crippen molar-refractivity contribution in [2.75, 3.05) is 19.7 Å². The van der Waals surface area contributed by atoms with Crippen molar-refractivity contribution in [1.82, 2.24) is 20.0 Å². The summed E-state index contributed by atoms with van der Waals surface area (Å²) in [6.07, 6.45) is -2.80. The van der Waals surface area contributed by atoms with E-state index in [1.165, 1.54) is 18.4 Å². The van der Waals surface area contributed by atoms with E-state index in [1.807, 2.05) is 12.1 Å². The summed E-state index contributed by atoms with van der Waals surface area (Å²) < 4.78 is 45.5. The molecule has 4 rings (SSSR count). The fourth-order valence-electron chi connectivity index (χ4n) is 3.88. The van der Waals surface area contributed by atoms with Crippen molar-refractivity contribution in [3.05, 3.63) is 58.1 Å². The number of alkyl halides is 3. The molecule has 3 heterocycles. The third-order valence-electron chi connectivity index (χ3n) is 5.58. The maximum absolute atomic E-state index is 13.0. The minimum Gasteiger partial charge on any atom is -0.484 e. The van der Waals surface area contributed by atoms with Gasteiger partial charge in [-0.25, -0.2) is 0 Å². The van der Waals surface area contributed by atoms with Gasteiger partial charge in [-0.15, -0.1) is 11.3 Å². The number of hydrogen-bond donors (Lipinski definition) is 1. The number of aromatic nitrogens is 2. The van der Waals surface area contributed by atoms with Gasteiger partial charge in [-0.1, -0.05) is 17.7 Å². The van der Waals surface area contributed by atoms with Crippen LogP contribution >= 0.6 is 22.9 Å². The topological polar surface area (TPSA) is 59.4 Å². The second kappa shape index (κ2) is 10.4. The van der Waals surface area contributed by atoms with Gasteiger partial charge in [0.25, 0.3) is 5.91 Å². The number of benzene rings is 1. The molecule has 11 heteroatoms. The van der Waals surface area contributed by atoms with Gasteiger partial charge in [0.05, 0.1) is 4.88 Å². The molecule has 0 saturated carbocycles. The molecule has 0 aliphatic carbocycles. The molecule has 1 amide bonds. The molecule has 1 aliphatic heterocycles. The average Bonchev–Trinajstić information content (AvgIpc) is 3.40. The highest BCUT2D eigenvalue weighted by molar-refractivity contribution is 7.15. The Morgan fingerprint density at radius 3 is 2.68 bits per heavy atom. The van der Waals surface area contributed by atoms with Crippen molar-refractivity contribution in [3.63, 3.8) is 0 Å². The maximum Gasteiger partial charge on any atom is 0.433 e. The average molecular weight is 513 g/mol. The second-order valence-corrected chi connectivity index (χ2v) is 9.77. The van der Waals surface area contributed by atoms with E-state index in [2.05, 4.69) is 15.3 Å². The Morgan fingerprint density at radius 2 is 2.00 bits per heavy atom. The highest BCUT2D eigenvalue weighted by atomic mass is 35.5. The lowest BCUT2D eigenvalue weighted by molar-refractivity contribution is -0.143. The predicted octanol–water partition coefficient (Wildman–Crippen LogP) is 4.98. The fourth-order valence-corrected chi connectivity index (χ4v) is 5.07. The Labute approximate surface area is 204 Å². The van der Waals surface area contributed by atoms with Gasteiger partial charge in [0.1, 0.15) is 17.1 Å². The SMILES string of the molecule is Cn1nc(-c2ccc(CN3CCC(NC(=O)COc4cccc(Cl)c4)CC3)s2)cc1C(F)(F)F. The minimum absolute atomic E-state index is 0.0674. The van der Waals surface area contributed by atoms with Crippen LogP contribution in [0.4, 0.5) is 13.2 Å². The Kier molecular flexibility index (Phi) is 7.49. The molecule has 1 aliphatic rings. The number of carbonyl (C=O) groups is 1. The highest BCUT2D eigenvalue weighted by Crippen LogP contribution is 2.34. The first-order valence-electron chi connectivity index (χ1n) is 10.8. The minimum atomic E-state index is -4.43. The number of likely N-dealkylation sites (tertiary alicyclic amines) is 1. The van der Waals surface area contributed by atoms with Crippen LogP contribution in [0.15, 0.2) is 42.5 Å². The van der Waals surface area contributed by atoms with Crippen molar-refractivity contribution in [3.8, 4) is 16.3 Å². The third-order valence-corrected chi connectivity index (χ3v) is 6.91. The number of nitrogens with zero attached hydrogens (tertiary/aromatic N) is 3. The molecule has 0 radical (unpaired) electrons. The molecule has 3 aromatic rings. The predicted molar refractivity (Wildman–Crippen MR) is 125 cm³/mol. The van der Waals surface area contributed by atoms with Gasteiger partial charge < -0.3 is 10.1 Å². The zero-order valence-electron chi connectivity index (χ0n) is 18.4. The Hall–Kier alpha value is -2.56. The Morgan fingerprint density at radius 1 is 1.24 bits per heavy atom. The molecule has 0 spiro atoms. The first kappa shape index (κ1) is 24.6. The van der Waals surface area contributed by atoms with Crippen LogP contribution in [0.5, 0.6) is 5.75 Å². The van der Waals surface area contributed by atoms with Crippen molar-refractivity contribution >= 4 is 28.8 Å². The number of aryl methyl sites for hydroxylation is 1. The molecular weight excluding hydrogens is 489 g/mol. The van der Waals surface area contributed by atoms with E-state index < -0.39 is 11.9 Å². The Balaban J connectivity index is 1.23. The number of thiophene rings is 1. The van der Waals surface area contributed by atoms with Crippen LogP contribution < -0.4 is 10.1 Å². The molecule has 0 bridgehead atoms. The van der Waals surface area contributed by atoms with Crippen molar-refractivity contribution < 1.29 is 22.7 Å². The van der Waals surface area contributed by atoms with E-state index in [9.17, 15) is 18.0 Å². The molecule has 6 nitrogen and oxygen atoms in total. The zero-order valence-corrected chi connectivity index (χ0v) is 20.0. The number of carbonyl (C=O) groups excluding carboxylic acids is 1. The first-order chi connectivity index (χ1) is 16.2. The van der Waals surface area contributed by atoms with Gasteiger partial charge in [0.15, 0.2) is 6.61 Å². The maximum atomic E-state index is 13.0. The number of amides is 1. The van der Waals surface area contributed by atoms with E-state index in [4.69, 9.17) is 16.3 Å². The summed E-state index contributed by atoms with van der Waals surface area (Å²) in [6.45, 7) is 2.27. The number of hydrogen-bond acceptors (Lipinski definition) is 5. The van der Waals surface area contributed by atoms with E-state index in [1.54, 1.807) is 24.3 Å². The largest absolute Gasteiger partial charge is 0.484 e. The summed E-state index contributed by atoms with van der Waals surface area (Å²) in [6, 6.07) is 11.8. The normalized spacial score (nSPS) is 15.4. The van der Waals surface area contributed by atoms with Crippen LogP contribution in [-0.2, 0) is 24.6 Å². The molecule has 34 heavy (non-hydrogen) atoms. The fraction of sp³-hybridized carbons (Fsp3) is 0.391. The second-order valence-electron chi connectivity index (χ2n) is 8.17. The van der Waals surface area contributed by atoms with Gasteiger partial charge in [-0.3, -0.25) is 14.4 Å². The summed E-state index contributed by atoms with van der Waals surface area (Å²) in [5.41, 5.74) is -0.438. The van der Waals surface area contributed by atoms with Crippen LogP contribution in [0.25, 0.3) is 10.6 Å². The van der Waals surface area contributed by atoms with Crippen LogP contribution in [0.2, 0.25) is 5.02 Å². The van der Waals surface area contributed by atoms with Crippen LogP contribution in [0.3, 0.4) is 0 Å².